The molecule has 3 rings (SSSR count). The minimum absolute atomic E-state index is 0.402. The smallest absolute Gasteiger partial charge is 0.0900 e. The third-order valence-corrected chi connectivity index (χ3v) is 4.97. The Morgan fingerprint density at radius 1 is 0.920 bits per heavy atom. The van der Waals surface area contributed by atoms with Gasteiger partial charge in [0.2, 0.25) is 0 Å². The van der Waals surface area contributed by atoms with Gasteiger partial charge < -0.3 is 14.7 Å². The number of benzene rings is 2. The normalized spacial score (nSPS) is 17.5. The molecule has 25 heavy (non-hydrogen) atoms. The van der Waals surface area contributed by atoms with Crippen LogP contribution in [0.15, 0.2) is 60.7 Å². The molecule has 3 nitrogen and oxygen atoms in total. The lowest BCUT2D eigenvalue weighted by atomic mass is 9.90. The minimum atomic E-state index is -0.408. The van der Waals surface area contributed by atoms with Gasteiger partial charge in [0.1, 0.15) is 0 Å². The van der Waals surface area contributed by atoms with E-state index in [4.69, 9.17) is 4.74 Å². The molecule has 2 aromatic carbocycles. The fourth-order valence-electron chi connectivity index (χ4n) is 3.56. The van der Waals surface area contributed by atoms with E-state index in [1.54, 1.807) is 0 Å². The Morgan fingerprint density at radius 2 is 1.52 bits per heavy atom. The number of hydrogen-bond acceptors (Lipinski definition) is 3. The van der Waals surface area contributed by atoms with Gasteiger partial charge in [0, 0.05) is 6.54 Å². The van der Waals surface area contributed by atoms with E-state index in [0.29, 0.717) is 19.8 Å². The number of ether oxygens (including phenoxy) is 1. The first kappa shape index (κ1) is 18.1. The summed E-state index contributed by atoms with van der Waals surface area (Å²) in [5, 5.41) is 10.2. The van der Waals surface area contributed by atoms with Gasteiger partial charge in [0.25, 0.3) is 0 Å². The average Bonchev–Trinajstić information content (AvgIpc) is 2.65. The molecule has 3 heteroatoms. The molecule has 0 bridgehead atoms. The van der Waals surface area contributed by atoms with Crippen LogP contribution in [0.4, 0.5) is 0 Å². The highest BCUT2D eigenvalue weighted by Gasteiger charge is 2.21. The third kappa shape index (κ3) is 6.28. The Bertz CT molecular complexity index is 594. The summed E-state index contributed by atoms with van der Waals surface area (Å²) in [5.74, 6) is 0.769. The Labute approximate surface area is 151 Å². The van der Waals surface area contributed by atoms with Crippen LogP contribution in [0.25, 0.3) is 0 Å². The first-order chi connectivity index (χ1) is 12.3. The molecule has 0 amide bonds. The Kier molecular flexibility index (Phi) is 7.04. The second-order valence-electron chi connectivity index (χ2n) is 7.09. The van der Waals surface area contributed by atoms with E-state index in [0.717, 1.165) is 24.6 Å². The number of likely N-dealkylation sites (tertiary alicyclic amines) is 1. The zero-order valence-corrected chi connectivity index (χ0v) is 14.9. The Morgan fingerprint density at radius 3 is 2.16 bits per heavy atom. The SMILES string of the molecule is O[C@@H](COCc1ccccc1)CN1CCC(Cc2ccccc2)CC1. The van der Waals surface area contributed by atoms with Crippen LogP contribution in [-0.2, 0) is 17.8 Å². The molecule has 0 saturated carbocycles. The van der Waals surface area contributed by atoms with Crippen LogP contribution in [0.2, 0.25) is 0 Å². The van der Waals surface area contributed by atoms with Gasteiger partial charge in [-0.2, -0.15) is 0 Å². The maximum absolute atomic E-state index is 10.2. The summed E-state index contributed by atoms with van der Waals surface area (Å²) in [5.41, 5.74) is 2.59. The van der Waals surface area contributed by atoms with Crippen molar-refractivity contribution in [2.24, 2.45) is 5.92 Å². The quantitative estimate of drug-likeness (QED) is 0.799. The van der Waals surface area contributed by atoms with Crippen LogP contribution in [-0.4, -0.2) is 42.4 Å². The highest BCUT2D eigenvalue weighted by molar-refractivity contribution is 5.15. The van der Waals surface area contributed by atoms with E-state index in [2.05, 4.69) is 35.2 Å². The average molecular weight is 339 g/mol. The molecule has 0 aromatic heterocycles. The van der Waals surface area contributed by atoms with Gasteiger partial charge in [-0.25, -0.2) is 0 Å². The lowest BCUT2D eigenvalue weighted by Crippen LogP contribution is -2.40. The number of piperidine rings is 1. The van der Waals surface area contributed by atoms with Crippen molar-refractivity contribution in [1.29, 1.82) is 0 Å². The van der Waals surface area contributed by atoms with Crippen LogP contribution >= 0.6 is 0 Å². The number of rotatable bonds is 8. The molecule has 134 valence electrons. The van der Waals surface area contributed by atoms with Gasteiger partial charge in [-0.3, -0.25) is 0 Å². The Hall–Kier alpha value is -1.68. The van der Waals surface area contributed by atoms with Crippen molar-refractivity contribution < 1.29 is 9.84 Å². The molecule has 1 fully saturated rings. The zero-order chi connectivity index (χ0) is 17.3. The van der Waals surface area contributed by atoms with Gasteiger partial charge in [0.15, 0.2) is 0 Å². The van der Waals surface area contributed by atoms with Crippen LogP contribution in [0.1, 0.15) is 24.0 Å². The first-order valence-corrected chi connectivity index (χ1v) is 9.35. The van der Waals surface area contributed by atoms with Crippen molar-refractivity contribution in [2.45, 2.75) is 32.0 Å². The van der Waals surface area contributed by atoms with Crippen molar-refractivity contribution in [3.05, 3.63) is 71.8 Å². The van der Waals surface area contributed by atoms with Crippen molar-refractivity contribution in [1.82, 2.24) is 4.90 Å². The van der Waals surface area contributed by atoms with E-state index in [9.17, 15) is 5.11 Å². The summed E-state index contributed by atoms with van der Waals surface area (Å²) in [4.78, 5) is 2.37. The first-order valence-electron chi connectivity index (χ1n) is 9.35. The number of hydrogen-bond donors (Lipinski definition) is 1. The van der Waals surface area contributed by atoms with Crippen molar-refractivity contribution in [3.63, 3.8) is 0 Å². The van der Waals surface area contributed by atoms with E-state index in [1.807, 2.05) is 30.3 Å². The molecule has 1 N–H and O–H groups in total. The molecule has 1 aliphatic rings. The summed E-state index contributed by atoms with van der Waals surface area (Å²) >= 11 is 0. The molecule has 1 aliphatic heterocycles. The molecule has 0 unspecified atom stereocenters. The van der Waals surface area contributed by atoms with Crippen molar-refractivity contribution >= 4 is 0 Å². The van der Waals surface area contributed by atoms with Gasteiger partial charge in [-0.05, 0) is 49.4 Å². The van der Waals surface area contributed by atoms with Crippen LogP contribution in [0.5, 0.6) is 0 Å². The summed E-state index contributed by atoms with van der Waals surface area (Å²) in [6, 6.07) is 20.9. The molecule has 1 atom stereocenters. The number of aliphatic hydroxyl groups is 1. The molecule has 1 saturated heterocycles. The van der Waals surface area contributed by atoms with Crippen molar-refractivity contribution in [2.75, 3.05) is 26.2 Å². The topological polar surface area (TPSA) is 32.7 Å². The van der Waals surface area contributed by atoms with Gasteiger partial charge in [-0.1, -0.05) is 60.7 Å². The summed E-state index contributed by atoms with van der Waals surface area (Å²) < 4.78 is 5.65. The van der Waals surface area contributed by atoms with Crippen LogP contribution in [0.3, 0.4) is 0 Å². The van der Waals surface area contributed by atoms with Gasteiger partial charge in [0.05, 0.1) is 19.3 Å². The predicted octanol–water partition coefficient (Wildman–Crippen LogP) is 3.52. The molecular weight excluding hydrogens is 310 g/mol. The lowest BCUT2D eigenvalue weighted by Gasteiger charge is -2.33. The fraction of sp³-hybridized carbons (Fsp3) is 0.455. The number of β-amino-alcohol motifs (C(OH)–C–C–N with tert-alkyl or cyclic N) is 1. The minimum Gasteiger partial charge on any atom is -0.389 e. The zero-order valence-electron chi connectivity index (χ0n) is 14.9. The predicted molar refractivity (Wildman–Crippen MR) is 101 cm³/mol. The maximum Gasteiger partial charge on any atom is 0.0900 e. The molecule has 1 heterocycles. The summed E-state index contributed by atoms with van der Waals surface area (Å²) in [6.45, 7) is 3.84. The summed E-state index contributed by atoms with van der Waals surface area (Å²) in [6.07, 6.45) is 3.20. The molecule has 0 spiro atoms. The van der Waals surface area contributed by atoms with Crippen molar-refractivity contribution in [3.8, 4) is 0 Å². The molecule has 0 aliphatic carbocycles. The molecule has 0 radical (unpaired) electrons. The lowest BCUT2D eigenvalue weighted by molar-refractivity contribution is 0.00451. The second-order valence-corrected chi connectivity index (χ2v) is 7.09. The monoisotopic (exact) mass is 339 g/mol. The van der Waals surface area contributed by atoms with Crippen LogP contribution < -0.4 is 0 Å². The van der Waals surface area contributed by atoms with E-state index < -0.39 is 6.10 Å². The van der Waals surface area contributed by atoms with E-state index in [1.165, 1.54) is 24.8 Å². The summed E-state index contributed by atoms with van der Waals surface area (Å²) in [7, 11) is 0. The van der Waals surface area contributed by atoms with Gasteiger partial charge in [-0.15, -0.1) is 0 Å². The molecular formula is C22H29NO2. The Balaban J connectivity index is 1.31. The van der Waals surface area contributed by atoms with E-state index in [-0.39, 0.29) is 0 Å². The highest BCUT2D eigenvalue weighted by Crippen LogP contribution is 2.21. The number of nitrogens with zero attached hydrogens (tertiary/aromatic N) is 1. The van der Waals surface area contributed by atoms with E-state index >= 15 is 0 Å². The van der Waals surface area contributed by atoms with Gasteiger partial charge >= 0.3 is 0 Å². The third-order valence-electron chi connectivity index (χ3n) is 4.97. The molecule has 2 aromatic rings. The largest absolute Gasteiger partial charge is 0.389 e. The maximum atomic E-state index is 10.2. The fourth-order valence-corrected chi connectivity index (χ4v) is 3.56. The highest BCUT2D eigenvalue weighted by atomic mass is 16.5. The second kappa shape index (κ2) is 9.71. The number of aliphatic hydroxyl groups excluding tert-OH is 1. The van der Waals surface area contributed by atoms with Crippen LogP contribution in [0, 0.1) is 5.92 Å². The standard InChI is InChI=1S/C22H29NO2/c24-22(18-25-17-21-9-5-2-6-10-21)16-23-13-11-20(12-14-23)15-19-7-3-1-4-8-19/h1-10,20,22,24H,11-18H2/t22-/m1/s1.